The van der Waals surface area contributed by atoms with Gasteiger partial charge in [0.25, 0.3) is 5.69 Å². The van der Waals surface area contributed by atoms with Crippen molar-refractivity contribution in [3.63, 3.8) is 0 Å². The number of nitrogens with two attached hydrogens (primary N) is 1. The van der Waals surface area contributed by atoms with Crippen molar-refractivity contribution < 1.29 is 13.3 Å². The summed E-state index contributed by atoms with van der Waals surface area (Å²) in [5, 5.41) is 23.2. The van der Waals surface area contributed by atoms with Crippen LogP contribution >= 0.6 is 0 Å². The second-order valence-corrected chi connectivity index (χ2v) is 7.31. The van der Waals surface area contributed by atoms with E-state index in [9.17, 15) is 18.5 Å². The number of nitro benzene ring substituents is 1. The predicted molar refractivity (Wildman–Crippen MR) is 100 cm³/mol. The van der Waals surface area contributed by atoms with E-state index in [2.05, 4.69) is 10.4 Å². The van der Waals surface area contributed by atoms with E-state index in [-0.39, 0.29) is 16.3 Å². The number of hydrogen-bond donors (Lipinski definition) is 2. The van der Waals surface area contributed by atoms with Crippen molar-refractivity contribution in [1.29, 1.82) is 0 Å². The van der Waals surface area contributed by atoms with Crippen molar-refractivity contribution in [2.45, 2.75) is 11.3 Å². The Morgan fingerprint density at radius 3 is 2.52 bits per heavy atom. The average Bonchev–Trinajstić information content (AvgIpc) is 3.16. The molecule has 140 valence electrons. The first-order chi connectivity index (χ1) is 12.8. The number of benzene rings is 2. The number of aromatic nitrogens is 2. The van der Waals surface area contributed by atoms with Crippen molar-refractivity contribution in [3.8, 4) is 5.69 Å². The molecule has 2 aromatic carbocycles. The molecule has 3 N–H and O–H groups in total. The van der Waals surface area contributed by atoms with Crippen LogP contribution in [0.2, 0.25) is 0 Å². The SMILES string of the molecule is NS(=O)(=O)c1cc([N+](=O)[O-])ccc1NCCc1ccc(-n2cccn2)cc1. The van der Waals surface area contributed by atoms with E-state index in [4.69, 9.17) is 5.14 Å². The monoisotopic (exact) mass is 387 g/mol. The van der Waals surface area contributed by atoms with Crippen molar-refractivity contribution in [2.24, 2.45) is 5.14 Å². The second kappa shape index (κ2) is 7.56. The number of nitrogens with one attached hydrogen (secondary N) is 1. The van der Waals surface area contributed by atoms with Crippen molar-refractivity contribution in [2.75, 3.05) is 11.9 Å². The molecule has 0 bridgehead atoms. The van der Waals surface area contributed by atoms with Crippen LogP contribution in [-0.4, -0.2) is 29.7 Å². The zero-order chi connectivity index (χ0) is 19.4. The number of nitrogens with zero attached hydrogens (tertiary/aromatic N) is 3. The summed E-state index contributed by atoms with van der Waals surface area (Å²) in [5.41, 5.74) is 1.87. The quantitative estimate of drug-likeness (QED) is 0.471. The Labute approximate surface area is 155 Å². The molecule has 0 aliphatic heterocycles. The molecule has 3 aromatic rings. The summed E-state index contributed by atoms with van der Waals surface area (Å²) in [6, 6.07) is 13.1. The van der Waals surface area contributed by atoms with Gasteiger partial charge in [-0.2, -0.15) is 5.10 Å². The van der Waals surface area contributed by atoms with E-state index >= 15 is 0 Å². The zero-order valence-electron chi connectivity index (χ0n) is 14.1. The highest BCUT2D eigenvalue weighted by molar-refractivity contribution is 7.89. The van der Waals surface area contributed by atoms with Crippen molar-refractivity contribution in [1.82, 2.24) is 9.78 Å². The molecule has 0 atom stereocenters. The molecular formula is C17H17N5O4S. The molecule has 0 saturated heterocycles. The van der Waals surface area contributed by atoms with Gasteiger partial charge in [-0.3, -0.25) is 10.1 Å². The standard InChI is InChI=1S/C17H17N5O4S/c18-27(25,26)17-12-15(22(23)24)6-7-16(17)19-10-8-13-2-4-14(5-3-13)21-11-1-9-20-21/h1-7,9,11-12,19H,8,10H2,(H2,18,25,26). The molecule has 0 saturated carbocycles. The fourth-order valence-electron chi connectivity index (χ4n) is 2.58. The maximum atomic E-state index is 11.7. The Bertz CT molecular complexity index is 1050. The van der Waals surface area contributed by atoms with E-state index in [1.807, 2.05) is 36.5 Å². The molecule has 0 aliphatic carbocycles. The van der Waals surface area contributed by atoms with Gasteiger partial charge in [-0.15, -0.1) is 0 Å². The maximum absolute atomic E-state index is 11.7. The summed E-state index contributed by atoms with van der Waals surface area (Å²) in [4.78, 5) is 9.88. The minimum absolute atomic E-state index is 0.233. The molecular weight excluding hydrogens is 370 g/mol. The normalized spacial score (nSPS) is 11.3. The summed E-state index contributed by atoms with van der Waals surface area (Å²) >= 11 is 0. The number of hydrogen-bond acceptors (Lipinski definition) is 6. The highest BCUT2D eigenvalue weighted by Gasteiger charge is 2.18. The lowest BCUT2D eigenvalue weighted by atomic mass is 10.1. The number of primary sulfonamides is 1. The Morgan fingerprint density at radius 2 is 1.93 bits per heavy atom. The predicted octanol–water partition coefficient (Wildman–Crippen LogP) is 2.08. The summed E-state index contributed by atoms with van der Waals surface area (Å²) in [7, 11) is -4.09. The van der Waals surface area contributed by atoms with Gasteiger partial charge in [-0.05, 0) is 36.2 Å². The van der Waals surface area contributed by atoms with E-state index in [1.165, 1.54) is 12.1 Å². The average molecular weight is 387 g/mol. The van der Waals surface area contributed by atoms with Gasteiger partial charge in [0.1, 0.15) is 4.90 Å². The lowest BCUT2D eigenvalue weighted by Gasteiger charge is -2.11. The van der Waals surface area contributed by atoms with Crippen LogP contribution in [0.4, 0.5) is 11.4 Å². The molecule has 0 aliphatic rings. The highest BCUT2D eigenvalue weighted by atomic mass is 32.2. The Morgan fingerprint density at radius 1 is 1.19 bits per heavy atom. The highest BCUT2D eigenvalue weighted by Crippen LogP contribution is 2.25. The number of non-ortho nitro benzene ring substituents is 1. The first kappa shape index (κ1) is 18.5. The van der Waals surface area contributed by atoms with Gasteiger partial charge in [0.2, 0.25) is 10.0 Å². The largest absolute Gasteiger partial charge is 0.384 e. The van der Waals surface area contributed by atoms with Gasteiger partial charge in [-0.1, -0.05) is 12.1 Å². The van der Waals surface area contributed by atoms with Crippen molar-refractivity contribution >= 4 is 21.4 Å². The first-order valence-electron chi connectivity index (χ1n) is 7.99. The van der Waals surface area contributed by atoms with Crippen LogP contribution < -0.4 is 10.5 Å². The van der Waals surface area contributed by atoms with E-state index in [0.29, 0.717) is 13.0 Å². The van der Waals surface area contributed by atoms with Gasteiger partial charge < -0.3 is 5.32 Å². The fourth-order valence-corrected chi connectivity index (χ4v) is 3.32. The summed E-state index contributed by atoms with van der Waals surface area (Å²) in [5.74, 6) is 0. The van der Waals surface area contributed by atoms with Crippen LogP contribution in [-0.2, 0) is 16.4 Å². The molecule has 0 unspecified atom stereocenters. The van der Waals surface area contributed by atoms with Gasteiger partial charge >= 0.3 is 0 Å². The number of rotatable bonds is 7. The summed E-state index contributed by atoms with van der Waals surface area (Å²) in [6.45, 7) is 0.432. The van der Waals surface area contributed by atoms with E-state index in [1.54, 1.807) is 10.9 Å². The molecule has 0 amide bonds. The lowest BCUT2D eigenvalue weighted by Crippen LogP contribution is -2.16. The van der Waals surface area contributed by atoms with E-state index in [0.717, 1.165) is 17.3 Å². The molecule has 0 radical (unpaired) electrons. The van der Waals surface area contributed by atoms with Gasteiger partial charge in [0, 0.05) is 31.1 Å². The number of sulfonamides is 1. The van der Waals surface area contributed by atoms with Gasteiger partial charge in [0.05, 0.1) is 16.3 Å². The lowest BCUT2D eigenvalue weighted by molar-refractivity contribution is -0.385. The van der Waals surface area contributed by atoms with Crippen LogP contribution in [0.3, 0.4) is 0 Å². The Kier molecular flexibility index (Phi) is 5.19. The number of nitro groups is 1. The fraction of sp³-hybridized carbons (Fsp3) is 0.118. The van der Waals surface area contributed by atoms with E-state index < -0.39 is 14.9 Å². The van der Waals surface area contributed by atoms with Crippen LogP contribution in [0, 0.1) is 10.1 Å². The molecule has 27 heavy (non-hydrogen) atoms. The molecule has 10 heteroatoms. The second-order valence-electron chi connectivity index (χ2n) is 5.78. The molecule has 1 aromatic heterocycles. The van der Waals surface area contributed by atoms with Crippen LogP contribution in [0.1, 0.15) is 5.56 Å². The molecule has 0 fully saturated rings. The third-order valence-electron chi connectivity index (χ3n) is 3.92. The topological polar surface area (TPSA) is 133 Å². The minimum atomic E-state index is -4.09. The summed E-state index contributed by atoms with van der Waals surface area (Å²) < 4.78 is 25.2. The maximum Gasteiger partial charge on any atom is 0.270 e. The Hall–Kier alpha value is -3.24. The van der Waals surface area contributed by atoms with Gasteiger partial charge in [-0.25, -0.2) is 18.2 Å². The minimum Gasteiger partial charge on any atom is -0.384 e. The molecule has 3 rings (SSSR count). The van der Waals surface area contributed by atoms with Crippen molar-refractivity contribution in [3.05, 3.63) is 76.6 Å². The molecule has 9 nitrogen and oxygen atoms in total. The van der Waals surface area contributed by atoms with Crippen LogP contribution in [0.5, 0.6) is 0 Å². The number of anilines is 1. The smallest absolute Gasteiger partial charge is 0.270 e. The first-order valence-corrected chi connectivity index (χ1v) is 9.53. The Balaban J connectivity index is 1.69. The zero-order valence-corrected chi connectivity index (χ0v) is 15.0. The van der Waals surface area contributed by atoms with Crippen LogP contribution in [0.15, 0.2) is 65.8 Å². The molecule has 1 heterocycles. The third-order valence-corrected chi connectivity index (χ3v) is 4.87. The van der Waals surface area contributed by atoms with Crippen LogP contribution in [0.25, 0.3) is 5.69 Å². The van der Waals surface area contributed by atoms with Gasteiger partial charge in [0.15, 0.2) is 0 Å². The molecule has 0 spiro atoms. The third kappa shape index (κ3) is 4.49. The summed E-state index contributed by atoms with van der Waals surface area (Å²) in [6.07, 6.45) is 4.17.